The van der Waals surface area contributed by atoms with Crippen molar-refractivity contribution in [3.8, 4) is 0 Å². The van der Waals surface area contributed by atoms with Gasteiger partial charge in [-0.05, 0) is 54.4 Å². The molecule has 3 nitrogen and oxygen atoms in total. The first-order chi connectivity index (χ1) is 13.3. The van der Waals surface area contributed by atoms with Crippen LogP contribution in [0.2, 0.25) is 0 Å². The van der Waals surface area contributed by atoms with E-state index in [0.717, 1.165) is 6.92 Å². The SMILES string of the molecule is CC(=O)O.CC(C)c1ccc(N2CCCCC2)cc1.CC(C)c1ccccc1. The van der Waals surface area contributed by atoms with Crippen LogP contribution < -0.4 is 4.90 Å². The zero-order chi connectivity index (χ0) is 20.9. The molecule has 1 fully saturated rings. The molecule has 0 atom stereocenters. The second-order valence-electron chi connectivity index (χ2n) is 7.88. The number of carbonyl (C=O) groups is 1. The summed E-state index contributed by atoms with van der Waals surface area (Å²) < 4.78 is 0. The molecule has 3 rings (SSSR count). The monoisotopic (exact) mass is 383 g/mol. The Balaban J connectivity index is 0.000000256. The largest absolute Gasteiger partial charge is 0.481 e. The van der Waals surface area contributed by atoms with E-state index in [1.54, 1.807) is 0 Å². The van der Waals surface area contributed by atoms with Gasteiger partial charge in [0.1, 0.15) is 0 Å². The van der Waals surface area contributed by atoms with Crippen LogP contribution in [0.3, 0.4) is 0 Å². The molecule has 0 saturated carbocycles. The molecule has 0 amide bonds. The molecule has 1 saturated heterocycles. The Bertz CT molecular complexity index is 653. The fraction of sp³-hybridized carbons (Fsp3) is 0.480. The number of hydrogen-bond donors (Lipinski definition) is 1. The molecule has 0 unspecified atom stereocenters. The van der Waals surface area contributed by atoms with Crippen LogP contribution in [0, 0.1) is 0 Å². The second kappa shape index (κ2) is 13.0. The highest BCUT2D eigenvalue weighted by Gasteiger charge is 2.10. The number of carboxylic acids is 1. The Morgan fingerprint density at radius 1 is 0.786 bits per heavy atom. The van der Waals surface area contributed by atoms with Gasteiger partial charge in [0.05, 0.1) is 0 Å². The molecule has 0 bridgehead atoms. The van der Waals surface area contributed by atoms with Gasteiger partial charge in [0.15, 0.2) is 0 Å². The molecule has 0 spiro atoms. The smallest absolute Gasteiger partial charge is 0.300 e. The Morgan fingerprint density at radius 2 is 1.21 bits per heavy atom. The van der Waals surface area contributed by atoms with E-state index >= 15 is 0 Å². The van der Waals surface area contributed by atoms with E-state index in [9.17, 15) is 0 Å². The summed E-state index contributed by atoms with van der Waals surface area (Å²) in [5.41, 5.74) is 4.26. The van der Waals surface area contributed by atoms with Gasteiger partial charge in [0.25, 0.3) is 5.97 Å². The molecule has 154 valence electrons. The topological polar surface area (TPSA) is 40.5 Å². The van der Waals surface area contributed by atoms with Gasteiger partial charge in [-0.15, -0.1) is 0 Å². The van der Waals surface area contributed by atoms with E-state index in [2.05, 4.69) is 81.1 Å². The summed E-state index contributed by atoms with van der Waals surface area (Å²) in [4.78, 5) is 11.5. The van der Waals surface area contributed by atoms with E-state index in [1.807, 2.05) is 6.07 Å². The van der Waals surface area contributed by atoms with Crippen molar-refractivity contribution in [2.75, 3.05) is 18.0 Å². The Morgan fingerprint density at radius 3 is 1.61 bits per heavy atom. The van der Waals surface area contributed by atoms with Gasteiger partial charge in [0, 0.05) is 25.7 Å². The molecule has 1 aliphatic rings. The Hall–Kier alpha value is -2.29. The van der Waals surface area contributed by atoms with Crippen LogP contribution in [0.1, 0.15) is 76.8 Å². The molecule has 0 aromatic heterocycles. The van der Waals surface area contributed by atoms with Crippen molar-refractivity contribution in [1.82, 2.24) is 0 Å². The molecule has 1 N–H and O–H groups in total. The van der Waals surface area contributed by atoms with E-state index in [-0.39, 0.29) is 0 Å². The van der Waals surface area contributed by atoms with Gasteiger partial charge >= 0.3 is 0 Å². The summed E-state index contributed by atoms with van der Waals surface area (Å²) in [7, 11) is 0. The van der Waals surface area contributed by atoms with Gasteiger partial charge in [-0.1, -0.05) is 70.2 Å². The standard InChI is InChI=1S/C14H21N.C9H12.C2H4O2/c1-12(2)13-6-8-14(9-7-13)15-10-4-3-5-11-15;1-8(2)9-6-4-3-5-7-9;1-2(3)4/h6-9,12H,3-5,10-11H2,1-2H3;3-8H,1-2H3;1H3,(H,3,4). The third-order valence-electron chi connectivity index (χ3n) is 4.75. The summed E-state index contributed by atoms with van der Waals surface area (Å²) in [5, 5.41) is 7.42. The molecular weight excluding hydrogens is 346 g/mol. The predicted octanol–water partition coefficient (Wildman–Crippen LogP) is 6.70. The number of aliphatic carboxylic acids is 1. The van der Waals surface area contributed by atoms with E-state index in [4.69, 9.17) is 9.90 Å². The molecule has 3 heteroatoms. The number of anilines is 1. The van der Waals surface area contributed by atoms with Crippen molar-refractivity contribution in [2.24, 2.45) is 0 Å². The van der Waals surface area contributed by atoms with Gasteiger partial charge in [0.2, 0.25) is 0 Å². The highest BCUT2D eigenvalue weighted by molar-refractivity contribution is 5.62. The number of nitrogens with zero attached hydrogens (tertiary/aromatic N) is 1. The van der Waals surface area contributed by atoms with Crippen molar-refractivity contribution in [2.45, 2.75) is 65.7 Å². The molecule has 0 radical (unpaired) electrons. The van der Waals surface area contributed by atoms with Crippen LogP contribution in [0.4, 0.5) is 5.69 Å². The first-order valence-corrected chi connectivity index (χ1v) is 10.4. The van der Waals surface area contributed by atoms with E-state index in [0.29, 0.717) is 11.8 Å². The average molecular weight is 384 g/mol. The summed E-state index contributed by atoms with van der Waals surface area (Å²) in [5.74, 6) is 0.464. The lowest BCUT2D eigenvalue weighted by atomic mass is 10.0. The zero-order valence-electron chi connectivity index (χ0n) is 18.2. The third-order valence-corrected chi connectivity index (χ3v) is 4.75. The van der Waals surface area contributed by atoms with Crippen LogP contribution in [-0.4, -0.2) is 24.2 Å². The second-order valence-corrected chi connectivity index (χ2v) is 7.88. The molecule has 1 aliphatic heterocycles. The number of hydrogen-bond acceptors (Lipinski definition) is 2. The van der Waals surface area contributed by atoms with Gasteiger partial charge < -0.3 is 10.0 Å². The van der Waals surface area contributed by atoms with Gasteiger partial charge in [-0.25, -0.2) is 0 Å². The molecule has 0 aliphatic carbocycles. The van der Waals surface area contributed by atoms with Crippen molar-refractivity contribution in [3.05, 3.63) is 65.7 Å². The number of carboxylic acid groups (broad SMARTS) is 1. The lowest BCUT2D eigenvalue weighted by molar-refractivity contribution is -0.134. The fourth-order valence-corrected chi connectivity index (χ4v) is 3.06. The molecule has 2 aromatic carbocycles. The maximum absolute atomic E-state index is 9.00. The summed E-state index contributed by atoms with van der Waals surface area (Å²) in [6, 6.07) is 19.6. The van der Waals surface area contributed by atoms with Crippen molar-refractivity contribution < 1.29 is 9.90 Å². The van der Waals surface area contributed by atoms with Crippen LogP contribution in [-0.2, 0) is 4.79 Å². The molecule has 2 aromatic rings. The first-order valence-electron chi connectivity index (χ1n) is 10.4. The lowest BCUT2D eigenvalue weighted by Crippen LogP contribution is -2.29. The van der Waals surface area contributed by atoms with Crippen LogP contribution >= 0.6 is 0 Å². The first kappa shape index (κ1) is 23.7. The van der Waals surface area contributed by atoms with Crippen LogP contribution in [0.25, 0.3) is 0 Å². The van der Waals surface area contributed by atoms with Crippen molar-refractivity contribution in [1.29, 1.82) is 0 Å². The molecular formula is C25H37NO2. The Kier molecular flexibility index (Phi) is 11.0. The Labute approximate surface area is 171 Å². The van der Waals surface area contributed by atoms with Crippen molar-refractivity contribution in [3.63, 3.8) is 0 Å². The normalized spacial score (nSPS) is 13.3. The minimum atomic E-state index is -0.833. The van der Waals surface area contributed by atoms with Gasteiger partial charge in [-0.2, -0.15) is 0 Å². The molecule has 28 heavy (non-hydrogen) atoms. The highest BCUT2D eigenvalue weighted by atomic mass is 16.4. The number of benzene rings is 2. The van der Waals surface area contributed by atoms with E-state index < -0.39 is 5.97 Å². The van der Waals surface area contributed by atoms with Crippen molar-refractivity contribution >= 4 is 11.7 Å². The minimum absolute atomic E-state index is 0.639. The lowest BCUT2D eigenvalue weighted by Gasteiger charge is -2.29. The van der Waals surface area contributed by atoms with E-state index in [1.165, 1.54) is 49.2 Å². The predicted molar refractivity (Wildman–Crippen MR) is 120 cm³/mol. The maximum atomic E-state index is 9.00. The summed E-state index contributed by atoms with van der Waals surface area (Å²) in [6.07, 6.45) is 4.11. The minimum Gasteiger partial charge on any atom is -0.481 e. The molecule has 1 heterocycles. The van der Waals surface area contributed by atoms with Crippen LogP contribution in [0.15, 0.2) is 54.6 Å². The van der Waals surface area contributed by atoms with Crippen LogP contribution in [0.5, 0.6) is 0 Å². The fourth-order valence-electron chi connectivity index (χ4n) is 3.06. The number of rotatable bonds is 3. The number of piperidine rings is 1. The summed E-state index contributed by atoms with van der Waals surface area (Å²) in [6.45, 7) is 12.5. The average Bonchev–Trinajstić information content (AvgIpc) is 2.69. The maximum Gasteiger partial charge on any atom is 0.300 e. The quantitative estimate of drug-likeness (QED) is 0.641. The third kappa shape index (κ3) is 9.59. The summed E-state index contributed by atoms with van der Waals surface area (Å²) >= 11 is 0. The van der Waals surface area contributed by atoms with Gasteiger partial charge in [-0.3, -0.25) is 4.79 Å². The highest BCUT2D eigenvalue weighted by Crippen LogP contribution is 2.22. The zero-order valence-corrected chi connectivity index (χ0v) is 18.2.